The molecule has 2 aromatic carbocycles. The molecule has 0 bridgehead atoms. The van der Waals surface area contributed by atoms with Crippen LogP contribution in [0.25, 0.3) is 11.1 Å². The molecule has 0 saturated carbocycles. The first-order valence-electron chi connectivity index (χ1n) is 12.4. The number of anilines is 2. The van der Waals surface area contributed by atoms with Gasteiger partial charge >= 0.3 is 6.09 Å². The van der Waals surface area contributed by atoms with Crippen LogP contribution in [0.15, 0.2) is 63.5 Å². The van der Waals surface area contributed by atoms with Crippen molar-refractivity contribution in [2.24, 2.45) is 5.92 Å². The van der Waals surface area contributed by atoms with Crippen LogP contribution in [0.3, 0.4) is 0 Å². The number of aromatic nitrogens is 2. The number of carbonyl (C=O) groups excluding carboxylic acids is 1. The van der Waals surface area contributed by atoms with Crippen molar-refractivity contribution in [2.45, 2.75) is 44.3 Å². The number of oxazole rings is 1. The lowest BCUT2D eigenvalue weighted by Gasteiger charge is -2.26. The molecule has 0 aliphatic carbocycles. The van der Waals surface area contributed by atoms with Crippen molar-refractivity contribution in [1.82, 2.24) is 15.3 Å². The second-order valence-electron chi connectivity index (χ2n) is 9.40. The van der Waals surface area contributed by atoms with Crippen molar-refractivity contribution in [2.75, 3.05) is 23.1 Å². The fourth-order valence-electron chi connectivity index (χ4n) is 3.89. The molecule has 39 heavy (non-hydrogen) atoms. The average Bonchev–Trinajstić information content (AvgIpc) is 3.56. The van der Waals surface area contributed by atoms with Gasteiger partial charge in [-0.2, -0.15) is 4.98 Å². The van der Waals surface area contributed by atoms with E-state index in [9.17, 15) is 18.3 Å². The van der Waals surface area contributed by atoms with E-state index in [0.29, 0.717) is 29.6 Å². The standard InChI is InChI=1S/C26H31N5O6S2/c1-17(2)14-31(39(34,35)22-8-9-23-24(11-22)37-25(27)30-23)19-5-3-4-18(10-19)6-7-20(32)12-29-26(33)36-15-21-13-28-16-38-21/h3-5,8-11,13,16-17,20,32H,6-7,12,14-15H2,1-2H3,(H2,27,30)(H,29,33). The third-order valence-electron chi connectivity index (χ3n) is 5.77. The summed E-state index contributed by atoms with van der Waals surface area (Å²) in [6, 6.07) is 11.7. The van der Waals surface area contributed by atoms with Crippen LogP contribution in [0.2, 0.25) is 0 Å². The molecule has 4 aromatic rings. The number of hydrogen-bond acceptors (Lipinski definition) is 10. The first-order valence-corrected chi connectivity index (χ1v) is 14.7. The normalized spacial score (nSPS) is 12.5. The van der Waals surface area contributed by atoms with Gasteiger partial charge in [-0.25, -0.2) is 13.2 Å². The van der Waals surface area contributed by atoms with Crippen LogP contribution in [-0.4, -0.2) is 48.8 Å². The zero-order chi connectivity index (χ0) is 28.0. The summed E-state index contributed by atoms with van der Waals surface area (Å²) in [6.45, 7) is 4.30. The minimum absolute atomic E-state index is 0.0310. The Morgan fingerprint density at radius 3 is 2.82 bits per heavy atom. The summed E-state index contributed by atoms with van der Waals surface area (Å²) >= 11 is 1.38. The Kier molecular flexibility index (Phi) is 9.04. The first-order chi connectivity index (χ1) is 18.6. The van der Waals surface area contributed by atoms with E-state index in [0.717, 1.165) is 10.4 Å². The predicted molar refractivity (Wildman–Crippen MR) is 149 cm³/mol. The molecular weight excluding hydrogens is 542 g/mol. The number of aryl methyl sites for hydroxylation is 1. The molecule has 4 rings (SSSR count). The Labute approximate surface area is 230 Å². The van der Waals surface area contributed by atoms with Crippen LogP contribution in [-0.2, 0) is 27.8 Å². The van der Waals surface area contributed by atoms with E-state index >= 15 is 0 Å². The topological polar surface area (TPSA) is 161 Å². The number of carbonyl (C=O) groups is 1. The second-order valence-corrected chi connectivity index (χ2v) is 12.2. The number of hydrogen-bond donors (Lipinski definition) is 3. The molecule has 13 heteroatoms. The number of aliphatic hydroxyl groups is 1. The van der Waals surface area contributed by atoms with Crippen LogP contribution in [0.4, 0.5) is 16.5 Å². The smallest absolute Gasteiger partial charge is 0.407 e. The maximum Gasteiger partial charge on any atom is 0.407 e. The Bertz CT molecular complexity index is 1500. The summed E-state index contributed by atoms with van der Waals surface area (Å²) < 4.78 is 39.2. The molecular formula is C26H31N5O6S2. The fraction of sp³-hybridized carbons (Fsp3) is 0.346. The summed E-state index contributed by atoms with van der Waals surface area (Å²) in [4.78, 5) is 20.7. The number of nitrogens with two attached hydrogens (primary N) is 1. The monoisotopic (exact) mass is 573 g/mol. The van der Waals surface area contributed by atoms with Crippen LogP contribution < -0.4 is 15.4 Å². The number of aliphatic hydroxyl groups excluding tert-OH is 1. The molecule has 0 fully saturated rings. The zero-order valence-corrected chi connectivity index (χ0v) is 23.2. The number of alkyl carbamates (subject to hydrolysis) is 1. The van der Waals surface area contributed by atoms with Crippen molar-refractivity contribution in [3.63, 3.8) is 0 Å². The summed E-state index contributed by atoms with van der Waals surface area (Å²) in [5, 5.41) is 12.9. The largest absolute Gasteiger partial charge is 0.444 e. The van der Waals surface area contributed by atoms with Gasteiger partial charge in [0, 0.05) is 25.4 Å². The zero-order valence-electron chi connectivity index (χ0n) is 21.6. The third kappa shape index (κ3) is 7.46. The van der Waals surface area contributed by atoms with Gasteiger partial charge in [0.05, 0.1) is 27.1 Å². The lowest BCUT2D eigenvalue weighted by molar-refractivity contribution is 0.124. The molecule has 2 aromatic heterocycles. The van der Waals surface area contributed by atoms with Gasteiger partial charge in [0.1, 0.15) is 12.1 Å². The van der Waals surface area contributed by atoms with Gasteiger partial charge < -0.3 is 25.3 Å². The third-order valence-corrected chi connectivity index (χ3v) is 8.31. The van der Waals surface area contributed by atoms with Gasteiger partial charge in [0.25, 0.3) is 16.0 Å². The van der Waals surface area contributed by atoms with Crippen molar-refractivity contribution in [1.29, 1.82) is 0 Å². The van der Waals surface area contributed by atoms with Crippen LogP contribution >= 0.6 is 11.3 Å². The molecule has 0 saturated heterocycles. The van der Waals surface area contributed by atoms with Crippen LogP contribution in [0, 0.1) is 5.92 Å². The van der Waals surface area contributed by atoms with E-state index < -0.39 is 22.2 Å². The average molecular weight is 574 g/mol. The number of nitrogens with one attached hydrogen (secondary N) is 1. The number of sulfonamides is 1. The molecule has 4 N–H and O–H groups in total. The molecule has 208 valence electrons. The van der Waals surface area contributed by atoms with Crippen LogP contribution in [0.1, 0.15) is 30.7 Å². The molecule has 1 amide bonds. The highest BCUT2D eigenvalue weighted by molar-refractivity contribution is 7.92. The number of fused-ring (bicyclic) bond motifs is 1. The van der Waals surface area contributed by atoms with Crippen molar-refractivity contribution in [3.8, 4) is 0 Å². The highest BCUT2D eigenvalue weighted by Crippen LogP contribution is 2.29. The molecule has 11 nitrogen and oxygen atoms in total. The van der Waals surface area contributed by atoms with Gasteiger partial charge in [-0.15, -0.1) is 11.3 Å². The van der Waals surface area contributed by atoms with E-state index in [2.05, 4.69) is 15.3 Å². The molecule has 1 unspecified atom stereocenters. The fourth-order valence-corrected chi connectivity index (χ4v) is 6.03. The lowest BCUT2D eigenvalue weighted by Crippen LogP contribution is -2.34. The van der Waals surface area contributed by atoms with Gasteiger partial charge in [-0.05, 0) is 48.6 Å². The lowest BCUT2D eigenvalue weighted by atomic mass is 10.1. The Morgan fingerprint density at radius 2 is 2.08 bits per heavy atom. The highest BCUT2D eigenvalue weighted by atomic mass is 32.2. The number of rotatable bonds is 12. The van der Waals surface area contributed by atoms with E-state index in [4.69, 9.17) is 14.9 Å². The van der Waals surface area contributed by atoms with E-state index in [1.165, 1.54) is 27.8 Å². The molecule has 1 atom stereocenters. The van der Waals surface area contributed by atoms with E-state index in [-0.39, 0.29) is 36.5 Å². The summed E-state index contributed by atoms with van der Waals surface area (Å²) in [5.41, 5.74) is 9.40. The predicted octanol–water partition coefficient (Wildman–Crippen LogP) is 3.94. The molecule has 0 aliphatic heterocycles. The van der Waals surface area contributed by atoms with Gasteiger partial charge in [0.15, 0.2) is 5.58 Å². The molecule has 0 aliphatic rings. The number of amides is 1. The number of thiazole rings is 1. The molecule has 0 radical (unpaired) electrons. The summed E-state index contributed by atoms with van der Waals surface area (Å²) in [7, 11) is -3.93. The minimum atomic E-state index is -3.93. The van der Waals surface area contributed by atoms with E-state index in [1.807, 2.05) is 19.9 Å². The van der Waals surface area contributed by atoms with Gasteiger partial charge in [-0.3, -0.25) is 9.29 Å². The summed E-state index contributed by atoms with van der Waals surface area (Å²) in [6.07, 6.45) is 1.04. The second kappa shape index (κ2) is 12.5. The SMILES string of the molecule is CC(C)CN(c1cccc(CCC(O)CNC(=O)OCc2cncs2)c1)S(=O)(=O)c1ccc2nc(N)oc2c1. The van der Waals surface area contributed by atoms with Gasteiger partial charge in [-0.1, -0.05) is 26.0 Å². The Hall–Kier alpha value is -3.68. The number of nitrogen functional groups attached to an aromatic ring is 1. The highest BCUT2D eigenvalue weighted by Gasteiger charge is 2.27. The minimum Gasteiger partial charge on any atom is -0.444 e. The van der Waals surface area contributed by atoms with Gasteiger partial charge in [0.2, 0.25) is 0 Å². The van der Waals surface area contributed by atoms with Crippen molar-refractivity contribution >= 4 is 50.3 Å². The Balaban J connectivity index is 1.41. The Morgan fingerprint density at radius 1 is 1.26 bits per heavy atom. The number of ether oxygens (including phenoxy) is 1. The number of nitrogens with zero attached hydrogens (tertiary/aromatic N) is 3. The van der Waals surface area contributed by atoms with Crippen molar-refractivity contribution in [3.05, 3.63) is 64.6 Å². The molecule has 0 spiro atoms. The first kappa shape index (κ1) is 28.3. The maximum absolute atomic E-state index is 13.7. The molecule has 2 heterocycles. The quantitative estimate of drug-likeness (QED) is 0.228. The summed E-state index contributed by atoms with van der Waals surface area (Å²) in [5.74, 6) is 0.0526. The number of benzene rings is 2. The van der Waals surface area contributed by atoms with E-state index in [1.54, 1.807) is 36.0 Å². The van der Waals surface area contributed by atoms with Crippen molar-refractivity contribution < 1.29 is 27.5 Å². The maximum atomic E-state index is 13.7. The van der Waals surface area contributed by atoms with Crippen LogP contribution in [0.5, 0.6) is 0 Å².